The zero-order chi connectivity index (χ0) is 20.2. The highest BCUT2D eigenvalue weighted by atomic mass is 35.5. The number of aliphatic hydroxyl groups is 1. The number of nitrogens with zero attached hydrogens (tertiary/aromatic N) is 1. The number of nitrogens with one attached hydrogen (secondary N) is 1. The summed E-state index contributed by atoms with van der Waals surface area (Å²) in [6.07, 6.45) is -0.520. The number of rotatable bonds is 7. The average molecular weight is 405 g/mol. The third-order valence-corrected chi connectivity index (χ3v) is 5.84. The highest BCUT2D eigenvalue weighted by Gasteiger charge is 2.15. The van der Waals surface area contributed by atoms with Crippen LogP contribution in [0, 0.1) is 6.92 Å². The molecule has 4 aromatic rings. The normalized spacial score (nSPS) is 12.4. The quantitative estimate of drug-likeness (QED) is 0.428. The van der Waals surface area contributed by atoms with Gasteiger partial charge < -0.3 is 15.0 Å². The van der Waals surface area contributed by atoms with Gasteiger partial charge in [-0.3, -0.25) is 0 Å². The second-order valence-corrected chi connectivity index (χ2v) is 7.72. The van der Waals surface area contributed by atoms with Gasteiger partial charge in [-0.05, 0) is 35.7 Å². The van der Waals surface area contributed by atoms with Crippen LogP contribution in [0.3, 0.4) is 0 Å². The summed E-state index contributed by atoms with van der Waals surface area (Å²) in [5.41, 5.74) is 5.71. The fraction of sp³-hybridized carbons (Fsp3) is 0.200. The Labute approximate surface area is 176 Å². The van der Waals surface area contributed by atoms with Crippen molar-refractivity contribution >= 4 is 22.5 Å². The van der Waals surface area contributed by atoms with Crippen molar-refractivity contribution in [2.45, 2.75) is 26.1 Å². The van der Waals surface area contributed by atoms with Crippen LogP contribution in [0.5, 0.6) is 0 Å². The molecule has 148 valence electrons. The van der Waals surface area contributed by atoms with E-state index in [0.717, 1.165) is 22.7 Å². The van der Waals surface area contributed by atoms with Crippen molar-refractivity contribution in [3.8, 4) is 0 Å². The average Bonchev–Trinajstić information content (AvgIpc) is 3.02. The molecule has 0 aliphatic carbocycles. The molecule has 2 N–H and O–H groups in total. The standard InChI is InChI=1S/C25H25ClN2O/c1-18-22(15-27-16-25(29)19-9-3-2-4-10-19)21-12-6-8-14-24(21)28(18)17-20-11-5-7-13-23(20)26/h2-14,25,27,29H,15-17H2,1H3/t25-/m0/s1. The van der Waals surface area contributed by atoms with E-state index in [0.29, 0.717) is 13.1 Å². The van der Waals surface area contributed by atoms with Crippen molar-refractivity contribution in [2.75, 3.05) is 6.54 Å². The third-order valence-electron chi connectivity index (χ3n) is 5.47. The van der Waals surface area contributed by atoms with E-state index in [1.807, 2.05) is 48.5 Å². The molecule has 3 nitrogen and oxygen atoms in total. The van der Waals surface area contributed by atoms with Crippen molar-refractivity contribution in [2.24, 2.45) is 0 Å². The maximum absolute atomic E-state index is 10.4. The highest BCUT2D eigenvalue weighted by molar-refractivity contribution is 6.31. The van der Waals surface area contributed by atoms with Gasteiger partial charge in [0.05, 0.1) is 6.10 Å². The van der Waals surface area contributed by atoms with E-state index in [4.69, 9.17) is 11.6 Å². The number of fused-ring (bicyclic) bond motifs is 1. The Morgan fingerprint density at radius 1 is 0.931 bits per heavy atom. The van der Waals surface area contributed by atoms with Gasteiger partial charge in [0.1, 0.15) is 0 Å². The first-order chi connectivity index (χ1) is 14.1. The summed E-state index contributed by atoms with van der Waals surface area (Å²) in [7, 11) is 0. The number of halogens is 1. The van der Waals surface area contributed by atoms with Crippen LogP contribution in [-0.2, 0) is 13.1 Å². The molecule has 0 fully saturated rings. The van der Waals surface area contributed by atoms with E-state index >= 15 is 0 Å². The Bertz CT molecular complexity index is 1100. The van der Waals surface area contributed by atoms with Crippen LogP contribution in [-0.4, -0.2) is 16.2 Å². The summed E-state index contributed by atoms with van der Waals surface area (Å²) in [5.74, 6) is 0. The van der Waals surface area contributed by atoms with Crippen LogP contribution >= 0.6 is 11.6 Å². The SMILES string of the molecule is Cc1c(CNC[C@H](O)c2ccccc2)c2ccccc2n1Cc1ccccc1Cl. The van der Waals surface area contributed by atoms with Crippen LogP contribution in [0.2, 0.25) is 5.02 Å². The van der Waals surface area contributed by atoms with Crippen molar-refractivity contribution < 1.29 is 5.11 Å². The molecule has 0 amide bonds. The Morgan fingerprint density at radius 2 is 1.62 bits per heavy atom. The van der Waals surface area contributed by atoms with Gasteiger partial charge >= 0.3 is 0 Å². The summed E-state index contributed by atoms with van der Waals surface area (Å²) in [6.45, 7) is 4.10. The largest absolute Gasteiger partial charge is 0.387 e. The lowest BCUT2D eigenvalue weighted by molar-refractivity contribution is 0.174. The molecule has 3 aromatic carbocycles. The second kappa shape index (κ2) is 8.83. The first kappa shape index (κ1) is 19.7. The molecule has 0 spiro atoms. The molecule has 0 saturated carbocycles. The van der Waals surface area contributed by atoms with Crippen molar-refractivity contribution in [3.05, 3.63) is 106 Å². The molecule has 1 aromatic heterocycles. The predicted octanol–water partition coefficient (Wildman–Crippen LogP) is 5.47. The van der Waals surface area contributed by atoms with E-state index in [1.54, 1.807) is 0 Å². The molecule has 0 aliphatic rings. The van der Waals surface area contributed by atoms with Crippen molar-refractivity contribution in [1.82, 2.24) is 9.88 Å². The van der Waals surface area contributed by atoms with Crippen LogP contribution in [0.1, 0.15) is 28.5 Å². The van der Waals surface area contributed by atoms with E-state index in [2.05, 4.69) is 47.1 Å². The number of hydrogen-bond acceptors (Lipinski definition) is 2. The molecule has 0 bridgehead atoms. The molecule has 1 atom stereocenters. The Morgan fingerprint density at radius 3 is 2.41 bits per heavy atom. The van der Waals surface area contributed by atoms with E-state index < -0.39 is 6.10 Å². The van der Waals surface area contributed by atoms with E-state index in [-0.39, 0.29) is 0 Å². The van der Waals surface area contributed by atoms with Crippen LogP contribution < -0.4 is 5.32 Å². The first-order valence-electron chi connectivity index (χ1n) is 9.89. The number of para-hydroxylation sites is 1. The number of benzene rings is 3. The highest BCUT2D eigenvalue weighted by Crippen LogP contribution is 2.28. The summed E-state index contributed by atoms with van der Waals surface area (Å²) in [4.78, 5) is 0. The lowest BCUT2D eigenvalue weighted by Gasteiger charge is -2.13. The molecule has 0 saturated heterocycles. The lowest BCUT2D eigenvalue weighted by Crippen LogP contribution is -2.21. The summed E-state index contributed by atoms with van der Waals surface area (Å²) in [6, 6.07) is 26.2. The molecule has 29 heavy (non-hydrogen) atoms. The van der Waals surface area contributed by atoms with Crippen molar-refractivity contribution in [1.29, 1.82) is 0 Å². The maximum Gasteiger partial charge on any atom is 0.0914 e. The smallest absolute Gasteiger partial charge is 0.0914 e. The maximum atomic E-state index is 10.4. The lowest BCUT2D eigenvalue weighted by atomic mass is 10.1. The number of hydrogen-bond donors (Lipinski definition) is 2. The van der Waals surface area contributed by atoms with Crippen LogP contribution in [0.15, 0.2) is 78.9 Å². The zero-order valence-corrected chi connectivity index (χ0v) is 17.2. The minimum atomic E-state index is -0.520. The molecule has 0 unspecified atom stereocenters. The Kier molecular flexibility index (Phi) is 6.00. The third kappa shape index (κ3) is 4.23. The monoisotopic (exact) mass is 404 g/mol. The first-order valence-corrected chi connectivity index (χ1v) is 10.3. The van der Waals surface area contributed by atoms with Gasteiger partial charge in [0.15, 0.2) is 0 Å². The van der Waals surface area contributed by atoms with Gasteiger partial charge in [0.25, 0.3) is 0 Å². The van der Waals surface area contributed by atoms with Gasteiger partial charge in [-0.25, -0.2) is 0 Å². The minimum Gasteiger partial charge on any atom is -0.387 e. The Balaban J connectivity index is 1.57. The van der Waals surface area contributed by atoms with Gasteiger partial charge in [-0.1, -0.05) is 78.3 Å². The molecule has 4 rings (SSSR count). The summed E-state index contributed by atoms with van der Waals surface area (Å²) >= 11 is 6.41. The van der Waals surface area contributed by atoms with E-state index in [9.17, 15) is 5.11 Å². The second-order valence-electron chi connectivity index (χ2n) is 7.32. The van der Waals surface area contributed by atoms with Crippen LogP contribution in [0.25, 0.3) is 10.9 Å². The predicted molar refractivity (Wildman–Crippen MR) is 120 cm³/mol. The number of aromatic nitrogens is 1. The molecule has 0 radical (unpaired) electrons. The fourth-order valence-electron chi connectivity index (χ4n) is 3.85. The molecule has 1 heterocycles. The van der Waals surface area contributed by atoms with Gasteiger partial charge in [-0.2, -0.15) is 0 Å². The van der Waals surface area contributed by atoms with Gasteiger partial charge in [-0.15, -0.1) is 0 Å². The van der Waals surface area contributed by atoms with E-state index in [1.165, 1.54) is 22.2 Å². The fourth-order valence-corrected chi connectivity index (χ4v) is 4.05. The Hall–Kier alpha value is -2.59. The topological polar surface area (TPSA) is 37.2 Å². The summed E-state index contributed by atoms with van der Waals surface area (Å²) in [5, 5.41) is 15.9. The van der Waals surface area contributed by atoms with Gasteiger partial charge in [0, 0.05) is 41.3 Å². The minimum absolute atomic E-state index is 0.507. The molecular weight excluding hydrogens is 380 g/mol. The van der Waals surface area contributed by atoms with Gasteiger partial charge in [0.2, 0.25) is 0 Å². The molecular formula is C25H25ClN2O. The van der Waals surface area contributed by atoms with Crippen molar-refractivity contribution in [3.63, 3.8) is 0 Å². The summed E-state index contributed by atoms with van der Waals surface area (Å²) < 4.78 is 2.32. The molecule has 0 aliphatic heterocycles. The zero-order valence-electron chi connectivity index (χ0n) is 16.5. The van der Waals surface area contributed by atoms with Crippen LogP contribution in [0.4, 0.5) is 0 Å². The number of aliphatic hydroxyl groups excluding tert-OH is 1. The molecule has 4 heteroatoms.